The van der Waals surface area contributed by atoms with Crippen molar-refractivity contribution in [2.75, 3.05) is 32.1 Å². The van der Waals surface area contributed by atoms with E-state index < -0.39 is 0 Å². The average Bonchev–Trinajstić information content (AvgIpc) is 3.18. The van der Waals surface area contributed by atoms with Crippen molar-refractivity contribution in [1.82, 2.24) is 9.88 Å². The summed E-state index contributed by atoms with van der Waals surface area (Å²) in [6.07, 6.45) is 4.23. The van der Waals surface area contributed by atoms with Crippen LogP contribution in [-0.4, -0.2) is 48.5 Å². The number of nitrogens with zero attached hydrogens (tertiary/aromatic N) is 3. The van der Waals surface area contributed by atoms with Gasteiger partial charge in [0.2, 0.25) is 0 Å². The van der Waals surface area contributed by atoms with Crippen molar-refractivity contribution in [2.24, 2.45) is 11.7 Å². The van der Waals surface area contributed by atoms with E-state index in [1.807, 2.05) is 12.1 Å². The normalized spacial score (nSPS) is 20.9. The van der Waals surface area contributed by atoms with Crippen molar-refractivity contribution in [2.45, 2.75) is 18.4 Å². The summed E-state index contributed by atoms with van der Waals surface area (Å²) in [4.78, 5) is 19.8. The van der Waals surface area contributed by atoms with Gasteiger partial charge in [0, 0.05) is 39.1 Å². The van der Waals surface area contributed by atoms with Crippen LogP contribution in [0.2, 0.25) is 0 Å². The van der Waals surface area contributed by atoms with Gasteiger partial charge in [0.05, 0.1) is 5.54 Å². The first kappa shape index (κ1) is 12.4. The molecule has 0 bridgehead atoms. The van der Waals surface area contributed by atoms with Crippen LogP contribution in [0.25, 0.3) is 0 Å². The number of carbonyl (C=O) groups is 1. The molecule has 0 spiro atoms. The topological polar surface area (TPSA) is 62.5 Å². The molecular weight excluding hydrogens is 240 g/mol. The Morgan fingerprint density at radius 2 is 2.16 bits per heavy atom. The minimum atomic E-state index is -0.0661. The number of aromatic nitrogens is 1. The molecule has 2 heterocycles. The number of rotatable bonds is 3. The molecule has 0 radical (unpaired) electrons. The van der Waals surface area contributed by atoms with Crippen LogP contribution >= 0.6 is 0 Å². The van der Waals surface area contributed by atoms with Crippen molar-refractivity contribution in [3.05, 3.63) is 24.0 Å². The first-order chi connectivity index (χ1) is 8.99. The molecule has 102 valence electrons. The lowest BCUT2D eigenvalue weighted by molar-refractivity contribution is 0.0822. The van der Waals surface area contributed by atoms with E-state index in [4.69, 9.17) is 5.73 Å². The molecule has 1 aromatic rings. The maximum absolute atomic E-state index is 11.9. The minimum absolute atomic E-state index is 0.00497. The fraction of sp³-hybridized carbons (Fsp3) is 0.571. The zero-order chi connectivity index (χ0) is 13.6. The maximum atomic E-state index is 11.9. The third-order valence-corrected chi connectivity index (χ3v) is 4.09. The van der Waals surface area contributed by atoms with Crippen LogP contribution in [0.3, 0.4) is 0 Å². The first-order valence-electron chi connectivity index (χ1n) is 6.71. The number of carbonyl (C=O) groups excluding carboxylic acids is 1. The molecule has 1 aliphatic heterocycles. The van der Waals surface area contributed by atoms with E-state index in [-0.39, 0.29) is 11.4 Å². The SMILES string of the molecule is CN(C)C(=O)c1cc(N2CC(N)(C3CC3)C2)ccn1. The molecule has 0 aromatic carbocycles. The fourth-order valence-electron chi connectivity index (χ4n) is 2.73. The monoisotopic (exact) mass is 260 g/mol. The number of hydrogen-bond acceptors (Lipinski definition) is 4. The van der Waals surface area contributed by atoms with Crippen LogP contribution in [0, 0.1) is 5.92 Å². The van der Waals surface area contributed by atoms with Crippen LogP contribution in [0.15, 0.2) is 18.3 Å². The zero-order valence-electron chi connectivity index (χ0n) is 11.5. The number of nitrogens with two attached hydrogens (primary N) is 1. The highest BCUT2D eigenvalue weighted by Crippen LogP contribution is 2.44. The zero-order valence-corrected chi connectivity index (χ0v) is 11.5. The summed E-state index contributed by atoms with van der Waals surface area (Å²) >= 11 is 0. The molecule has 1 amide bonds. The second kappa shape index (κ2) is 4.20. The van der Waals surface area contributed by atoms with E-state index in [0.717, 1.165) is 18.8 Å². The lowest BCUT2D eigenvalue weighted by Crippen LogP contribution is -2.69. The Bertz CT molecular complexity index is 504. The second-order valence-electron chi connectivity index (χ2n) is 5.96. The van der Waals surface area contributed by atoms with Crippen molar-refractivity contribution >= 4 is 11.6 Å². The third-order valence-electron chi connectivity index (χ3n) is 4.09. The fourth-order valence-corrected chi connectivity index (χ4v) is 2.73. The number of hydrogen-bond donors (Lipinski definition) is 1. The van der Waals surface area contributed by atoms with E-state index in [2.05, 4.69) is 9.88 Å². The van der Waals surface area contributed by atoms with Crippen LogP contribution in [0.1, 0.15) is 23.3 Å². The summed E-state index contributed by atoms with van der Waals surface area (Å²) in [6.45, 7) is 1.77. The molecule has 2 fully saturated rings. The summed E-state index contributed by atoms with van der Waals surface area (Å²) in [5.74, 6) is 0.636. The van der Waals surface area contributed by atoms with E-state index in [1.165, 1.54) is 12.8 Å². The molecule has 2 N–H and O–H groups in total. The van der Waals surface area contributed by atoms with Gasteiger partial charge in [0.1, 0.15) is 5.69 Å². The first-order valence-corrected chi connectivity index (χ1v) is 6.71. The number of pyridine rings is 1. The Kier molecular flexibility index (Phi) is 2.74. The molecule has 5 heteroatoms. The molecule has 1 saturated carbocycles. The van der Waals surface area contributed by atoms with Crippen LogP contribution in [-0.2, 0) is 0 Å². The molecule has 2 aliphatic rings. The van der Waals surface area contributed by atoms with Crippen LogP contribution in [0.5, 0.6) is 0 Å². The highest BCUT2D eigenvalue weighted by atomic mass is 16.2. The highest BCUT2D eigenvalue weighted by molar-refractivity contribution is 5.92. The van der Waals surface area contributed by atoms with Gasteiger partial charge in [-0.3, -0.25) is 9.78 Å². The van der Waals surface area contributed by atoms with Gasteiger partial charge >= 0.3 is 0 Å². The number of anilines is 1. The van der Waals surface area contributed by atoms with Gasteiger partial charge < -0.3 is 15.5 Å². The predicted molar refractivity (Wildman–Crippen MR) is 74.1 cm³/mol. The van der Waals surface area contributed by atoms with Crippen molar-refractivity contribution in [1.29, 1.82) is 0 Å². The molecule has 0 unspecified atom stereocenters. The van der Waals surface area contributed by atoms with Gasteiger partial charge in [-0.25, -0.2) is 0 Å². The standard InChI is InChI=1S/C14H20N4O/c1-17(2)13(19)12-7-11(5-6-16-12)18-8-14(15,9-18)10-3-4-10/h5-7,10H,3-4,8-9,15H2,1-2H3. The molecule has 1 aromatic heterocycles. The Morgan fingerprint density at radius 1 is 1.47 bits per heavy atom. The Morgan fingerprint density at radius 3 is 2.74 bits per heavy atom. The van der Waals surface area contributed by atoms with Crippen molar-refractivity contribution < 1.29 is 4.79 Å². The van der Waals surface area contributed by atoms with E-state index in [0.29, 0.717) is 11.6 Å². The Balaban J connectivity index is 1.72. The van der Waals surface area contributed by atoms with Crippen molar-refractivity contribution in [3.63, 3.8) is 0 Å². The van der Waals surface area contributed by atoms with Crippen LogP contribution in [0.4, 0.5) is 5.69 Å². The average molecular weight is 260 g/mol. The quantitative estimate of drug-likeness (QED) is 0.869. The number of amides is 1. The van der Waals surface area contributed by atoms with Gasteiger partial charge in [0.15, 0.2) is 0 Å². The van der Waals surface area contributed by atoms with E-state index in [1.54, 1.807) is 25.2 Å². The largest absolute Gasteiger partial charge is 0.368 e. The van der Waals surface area contributed by atoms with E-state index in [9.17, 15) is 4.79 Å². The molecule has 3 rings (SSSR count). The molecule has 5 nitrogen and oxygen atoms in total. The van der Waals surface area contributed by atoms with Gasteiger partial charge in [-0.1, -0.05) is 0 Å². The minimum Gasteiger partial charge on any atom is -0.368 e. The molecular formula is C14H20N4O. The van der Waals surface area contributed by atoms with Crippen LogP contribution < -0.4 is 10.6 Å². The molecule has 1 aliphatic carbocycles. The van der Waals surface area contributed by atoms with Crippen molar-refractivity contribution in [3.8, 4) is 0 Å². The van der Waals surface area contributed by atoms with Gasteiger partial charge in [-0.05, 0) is 30.9 Å². The third kappa shape index (κ3) is 2.18. The predicted octanol–water partition coefficient (Wildman–Crippen LogP) is 0.711. The summed E-state index contributed by atoms with van der Waals surface area (Å²) in [7, 11) is 3.47. The van der Waals surface area contributed by atoms with Gasteiger partial charge in [-0.2, -0.15) is 0 Å². The summed E-state index contributed by atoms with van der Waals surface area (Å²) in [5, 5.41) is 0. The summed E-state index contributed by atoms with van der Waals surface area (Å²) in [6, 6.07) is 3.80. The Labute approximate surface area is 113 Å². The summed E-state index contributed by atoms with van der Waals surface area (Å²) < 4.78 is 0. The highest BCUT2D eigenvalue weighted by Gasteiger charge is 2.50. The summed E-state index contributed by atoms with van der Waals surface area (Å²) in [5.41, 5.74) is 7.88. The molecule has 19 heavy (non-hydrogen) atoms. The lowest BCUT2D eigenvalue weighted by atomic mass is 9.85. The molecule has 0 atom stereocenters. The molecule has 1 saturated heterocycles. The van der Waals surface area contributed by atoms with E-state index >= 15 is 0 Å². The Hall–Kier alpha value is -1.62. The van der Waals surface area contributed by atoms with Gasteiger partial charge in [0.25, 0.3) is 5.91 Å². The smallest absolute Gasteiger partial charge is 0.272 e. The lowest BCUT2D eigenvalue weighted by Gasteiger charge is -2.49. The van der Waals surface area contributed by atoms with Gasteiger partial charge in [-0.15, -0.1) is 0 Å². The second-order valence-corrected chi connectivity index (χ2v) is 5.96. The maximum Gasteiger partial charge on any atom is 0.272 e.